The average molecular weight is 431 g/mol. The second-order valence-electron chi connectivity index (χ2n) is 7.57. The lowest BCUT2D eigenvalue weighted by atomic mass is 9.90. The number of anilines is 1. The van der Waals surface area contributed by atoms with Gasteiger partial charge in [0.1, 0.15) is 5.75 Å². The first-order valence-corrected chi connectivity index (χ1v) is 10.9. The van der Waals surface area contributed by atoms with Crippen LogP contribution in [-0.4, -0.2) is 25.1 Å². The molecular formula is C23H24F2N2O2S. The fourth-order valence-corrected chi connectivity index (χ4v) is 4.94. The molecular weight excluding hydrogens is 406 g/mol. The zero-order valence-electron chi connectivity index (χ0n) is 16.7. The van der Waals surface area contributed by atoms with Crippen LogP contribution in [0.25, 0.3) is 10.1 Å². The van der Waals surface area contributed by atoms with Crippen LogP contribution in [-0.2, 0) is 0 Å². The molecule has 7 heteroatoms. The SMILES string of the molecule is COc1ccc(C(=O)N[C@@H]2CCC[C@H](Nc3cccc4sc(C(F)F)cc34)C2)cc1. The molecule has 2 aromatic carbocycles. The number of carbonyl (C=O) groups is 1. The molecule has 1 aliphatic carbocycles. The van der Waals surface area contributed by atoms with E-state index in [0.717, 1.165) is 52.8 Å². The minimum absolute atomic E-state index is 0.0733. The Balaban J connectivity index is 1.41. The molecule has 1 heterocycles. The Morgan fingerprint density at radius 3 is 2.63 bits per heavy atom. The number of halogens is 2. The van der Waals surface area contributed by atoms with E-state index in [1.54, 1.807) is 37.4 Å². The van der Waals surface area contributed by atoms with Gasteiger partial charge in [0.05, 0.1) is 12.0 Å². The van der Waals surface area contributed by atoms with Gasteiger partial charge in [-0.1, -0.05) is 6.07 Å². The molecule has 0 bridgehead atoms. The Morgan fingerprint density at radius 1 is 1.13 bits per heavy atom. The lowest BCUT2D eigenvalue weighted by molar-refractivity contribution is 0.0926. The number of carbonyl (C=O) groups excluding carboxylic acids is 1. The van der Waals surface area contributed by atoms with Crippen molar-refractivity contribution in [2.24, 2.45) is 0 Å². The molecule has 4 rings (SSSR count). The van der Waals surface area contributed by atoms with Crippen LogP contribution < -0.4 is 15.4 Å². The van der Waals surface area contributed by atoms with E-state index in [0.29, 0.717) is 11.3 Å². The summed E-state index contributed by atoms with van der Waals surface area (Å²) >= 11 is 1.13. The number of thiophene rings is 1. The highest BCUT2D eigenvalue weighted by atomic mass is 32.1. The lowest BCUT2D eigenvalue weighted by Crippen LogP contribution is -2.41. The highest BCUT2D eigenvalue weighted by Crippen LogP contribution is 2.37. The molecule has 0 radical (unpaired) electrons. The Hall–Kier alpha value is -2.67. The number of methoxy groups -OCH3 is 1. The number of ether oxygens (including phenoxy) is 1. The topological polar surface area (TPSA) is 50.4 Å². The Labute approximate surface area is 178 Å². The molecule has 2 atom stereocenters. The van der Waals surface area contributed by atoms with E-state index in [9.17, 15) is 13.6 Å². The van der Waals surface area contributed by atoms with Gasteiger partial charge in [0.2, 0.25) is 0 Å². The molecule has 0 unspecified atom stereocenters. The van der Waals surface area contributed by atoms with Crippen molar-refractivity contribution >= 4 is 33.0 Å². The maximum absolute atomic E-state index is 13.1. The second-order valence-corrected chi connectivity index (χ2v) is 8.69. The van der Waals surface area contributed by atoms with Gasteiger partial charge in [-0.25, -0.2) is 8.78 Å². The van der Waals surface area contributed by atoms with E-state index in [4.69, 9.17) is 4.74 Å². The number of benzene rings is 2. The summed E-state index contributed by atoms with van der Waals surface area (Å²) in [6, 6.07) is 14.6. The number of hydrogen-bond donors (Lipinski definition) is 2. The van der Waals surface area contributed by atoms with Gasteiger partial charge >= 0.3 is 0 Å². The number of hydrogen-bond acceptors (Lipinski definition) is 4. The zero-order valence-corrected chi connectivity index (χ0v) is 17.5. The summed E-state index contributed by atoms with van der Waals surface area (Å²) in [7, 11) is 1.59. The van der Waals surface area contributed by atoms with Crippen LogP contribution in [0.15, 0.2) is 48.5 Å². The van der Waals surface area contributed by atoms with Gasteiger partial charge in [-0.05, 0) is 68.1 Å². The summed E-state index contributed by atoms with van der Waals surface area (Å²) in [5, 5.41) is 7.49. The van der Waals surface area contributed by atoms with E-state index in [1.807, 2.05) is 18.2 Å². The molecule has 158 valence electrons. The van der Waals surface area contributed by atoms with E-state index in [2.05, 4.69) is 10.6 Å². The fourth-order valence-electron chi connectivity index (χ4n) is 4.00. The molecule has 3 aromatic rings. The van der Waals surface area contributed by atoms with E-state index in [-0.39, 0.29) is 22.9 Å². The number of alkyl halides is 2. The largest absolute Gasteiger partial charge is 0.497 e. The van der Waals surface area contributed by atoms with Crippen LogP contribution in [0.5, 0.6) is 5.75 Å². The summed E-state index contributed by atoms with van der Waals surface area (Å²) in [5.41, 5.74) is 1.48. The third kappa shape index (κ3) is 4.56. The molecule has 4 nitrogen and oxygen atoms in total. The summed E-state index contributed by atoms with van der Waals surface area (Å²) in [6.45, 7) is 0. The summed E-state index contributed by atoms with van der Waals surface area (Å²) in [4.78, 5) is 12.7. The van der Waals surface area contributed by atoms with Crippen molar-refractivity contribution in [2.45, 2.75) is 44.2 Å². The van der Waals surface area contributed by atoms with Gasteiger partial charge < -0.3 is 15.4 Å². The van der Waals surface area contributed by atoms with Crippen LogP contribution in [0.1, 0.15) is 47.3 Å². The maximum Gasteiger partial charge on any atom is 0.272 e. The van der Waals surface area contributed by atoms with Gasteiger partial charge in [0.15, 0.2) is 0 Å². The first-order valence-electron chi connectivity index (χ1n) is 10.1. The molecule has 0 saturated heterocycles. The molecule has 1 saturated carbocycles. The van der Waals surface area contributed by atoms with Crippen molar-refractivity contribution in [3.05, 3.63) is 59.0 Å². The van der Waals surface area contributed by atoms with Crippen molar-refractivity contribution in [2.75, 3.05) is 12.4 Å². The number of nitrogens with one attached hydrogen (secondary N) is 2. The van der Waals surface area contributed by atoms with Crippen LogP contribution in [0.4, 0.5) is 14.5 Å². The van der Waals surface area contributed by atoms with Crippen molar-refractivity contribution in [3.8, 4) is 5.75 Å². The minimum Gasteiger partial charge on any atom is -0.497 e. The van der Waals surface area contributed by atoms with Gasteiger partial charge in [-0.3, -0.25) is 4.79 Å². The molecule has 1 aromatic heterocycles. The average Bonchev–Trinajstić information content (AvgIpc) is 3.20. The first-order chi connectivity index (χ1) is 14.5. The van der Waals surface area contributed by atoms with Crippen LogP contribution in [0.3, 0.4) is 0 Å². The lowest BCUT2D eigenvalue weighted by Gasteiger charge is -2.31. The standard InChI is InChI=1S/C23H24F2N2O2S/c1-29-17-10-8-14(9-11-17)23(28)27-16-5-2-4-15(12-16)26-19-6-3-7-20-18(19)13-21(30-20)22(24)25/h3,6-11,13,15-16,22,26H,2,4-5,12H2,1H3,(H,27,28)/t15-,16+/m0/s1. The third-order valence-corrected chi connectivity index (χ3v) is 6.62. The zero-order chi connectivity index (χ0) is 21.1. The minimum atomic E-state index is -2.46. The molecule has 0 aliphatic heterocycles. The fraction of sp³-hybridized carbons (Fsp3) is 0.348. The van der Waals surface area contributed by atoms with E-state index >= 15 is 0 Å². The van der Waals surface area contributed by atoms with Gasteiger partial charge in [0.25, 0.3) is 12.3 Å². The maximum atomic E-state index is 13.1. The smallest absolute Gasteiger partial charge is 0.272 e. The highest BCUT2D eigenvalue weighted by Gasteiger charge is 2.24. The van der Waals surface area contributed by atoms with Crippen molar-refractivity contribution in [3.63, 3.8) is 0 Å². The summed E-state index contributed by atoms with van der Waals surface area (Å²) in [5.74, 6) is 0.621. The van der Waals surface area contributed by atoms with E-state index < -0.39 is 6.43 Å². The van der Waals surface area contributed by atoms with Crippen LogP contribution in [0.2, 0.25) is 0 Å². The summed E-state index contributed by atoms with van der Waals surface area (Å²) < 4.78 is 32.2. The predicted octanol–water partition coefficient (Wildman–Crippen LogP) is 6.00. The first kappa shape index (κ1) is 20.6. The quantitative estimate of drug-likeness (QED) is 0.504. The normalized spacial score (nSPS) is 19.1. The van der Waals surface area contributed by atoms with Gasteiger partial charge in [-0.2, -0.15) is 0 Å². The monoisotopic (exact) mass is 430 g/mol. The van der Waals surface area contributed by atoms with E-state index in [1.165, 1.54) is 0 Å². The van der Waals surface area contributed by atoms with Crippen LogP contribution in [0, 0.1) is 0 Å². The van der Waals surface area contributed by atoms with Crippen molar-refractivity contribution in [1.29, 1.82) is 0 Å². The third-order valence-electron chi connectivity index (χ3n) is 5.52. The highest BCUT2D eigenvalue weighted by molar-refractivity contribution is 7.19. The van der Waals surface area contributed by atoms with Crippen molar-refractivity contribution < 1.29 is 18.3 Å². The second kappa shape index (κ2) is 9.00. The van der Waals surface area contributed by atoms with Gasteiger partial charge in [-0.15, -0.1) is 11.3 Å². The Morgan fingerprint density at radius 2 is 1.90 bits per heavy atom. The van der Waals surface area contributed by atoms with Crippen molar-refractivity contribution in [1.82, 2.24) is 5.32 Å². The Kier molecular flexibility index (Phi) is 6.18. The molecule has 1 amide bonds. The number of fused-ring (bicyclic) bond motifs is 1. The number of amides is 1. The molecule has 1 aliphatic rings. The molecule has 30 heavy (non-hydrogen) atoms. The molecule has 1 fully saturated rings. The van der Waals surface area contributed by atoms with Gasteiger partial charge in [0, 0.05) is 33.4 Å². The van der Waals surface area contributed by atoms with Crippen LogP contribution >= 0.6 is 11.3 Å². The Bertz CT molecular complexity index is 1020. The summed E-state index contributed by atoms with van der Waals surface area (Å²) in [6.07, 6.45) is 1.24. The number of rotatable bonds is 6. The molecule has 2 N–H and O–H groups in total. The molecule has 0 spiro atoms. The predicted molar refractivity (Wildman–Crippen MR) is 117 cm³/mol.